The molecule has 2 aromatic carbocycles. The predicted octanol–water partition coefficient (Wildman–Crippen LogP) is 3.59. The molecule has 0 atom stereocenters. The van der Waals surface area contributed by atoms with Crippen LogP contribution < -0.4 is 10.2 Å². The maximum atomic E-state index is 13.1. The van der Waals surface area contributed by atoms with Crippen LogP contribution in [0.5, 0.6) is 0 Å². The first-order chi connectivity index (χ1) is 16.1. The number of ether oxygens (including phenoxy) is 1. The van der Waals surface area contributed by atoms with Crippen LogP contribution in [-0.4, -0.2) is 61.1 Å². The van der Waals surface area contributed by atoms with E-state index in [2.05, 4.69) is 21.3 Å². The molecule has 0 unspecified atom stereocenters. The number of nitrogens with one attached hydrogen (secondary N) is 1. The van der Waals surface area contributed by atoms with Gasteiger partial charge in [-0.3, -0.25) is 14.5 Å². The lowest BCUT2D eigenvalue weighted by molar-refractivity contribution is -0.118. The fourth-order valence-corrected chi connectivity index (χ4v) is 5.05. The minimum Gasteiger partial charge on any atom is -0.379 e. The molecule has 5 rings (SSSR count). The number of anilines is 2. The van der Waals surface area contributed by atoms with Crippen LogP contribution >= 0.6 is 11.3 Å². The summed E-state index contributed by atoms with van der Waals surface area (Å²) in [6.45, 7) is 5.87. The summed E-state index contributed by atoms with van der Waals surface area (Å²) in [5.74, 6) is -0.0179. The monoisotopic (exact) mass is 462 g/mol. The van der Waals surface area contributed by atoms with Crippen LogP contribution in [0.3, 0.4) is 0 Å². The summed E-state index contributed by atoms with van der Waals surface area (Å²) in [6.07, 6.45) is 0.814. The second-order valence-electron chi connectivity index (χ2n) is 8.34. The van der Waals surface area contributed by atoms with E-state index in [1.54, 1.807) is 0 Å². The van der Waals surface area contributed by atoms with Crippen molar-refractivity contribution < 1.29 is 14.3 Å². The van der Waals surface area contributed by atoms with Gasteiger partial charge in [-0.2, -0.15) is 0 Å². The van der Waals surface area contributed by atoms with E-state index >= 15 is 0 Å². The molecule has 3 aromatic rings. The zero-order valence-corrected chi connectivity index (χ0v) is 19.4. The number of hydrogen-bond donors (Lipinski definition) is 1. The zero-order chi connectivity index (χ0) is 22.8. The topological polar surface area (TPSA) is 74.8 Å². The normalized spacial score (nSPS) is 16.0. The van der Waals surface area contributed by atoms with E-state index in [1.165, 1.54) is 11.3 Å². The molecule has 0 bridgehead atoms. The van der Waals surface area contributed by atoms with Crippen molar-refractivity contribution >= 4 is 34.0 Å². The smallest absolute Gasteiger partial charge is 0.258 e. The van der Waals surface area contributed by atoms with Crippen LogP contribution in [0.1, 0.15) is 21.5 Å². The number of carbonyl (C=O) groups is 2. The maximum Gasteiger partial charge on any atom is 0.258 e. The van der Waals surface area contributed by atoms with Gasteiger partial charge < -0.3 is 15.0 Å². The second-order valence-corrected chi connectivity index (χ2v) is 9.20. The van der Waals surface area contributed by atoms with Gasteiger partial charge in [0.15, 0.2) is 5.13 Å². The molecule has 2 amide bonds. The Morgan fingerprint density at radius 1 is 1.12 bits per heavy atom. The Morgan fingerprint density at radius 3 is 2.76 bits per heavy atom. The number of benzene rings is 2. The standard InChI is InChI=1S/C25H26N4O3S/c1-17-4-2-3-5-20(17)24(31)29-9-8-19-14-18(6-7-22(19)29)21-16-33-25(26-21)27-23(30)15-28-10-12-32-13-11-28/h2-7,14,16H,8-13,15H2,1H3,(H,26,27,30). The van der Waals surface area contributed by atoms with E-state index in [0.717, 1.165) is 53.1 Å². The van der Waals surface area contributed by atoms with Gasteiger partial charge in [0.25, 0.3) is 5.91 Å². The first-order valence-corrected chi connectivity index (χ1v) is 12.0. The van der Waals surface area contributed by atoms with Gasteiger partial charge in [-0.25, -0.2) is 4.98 Å². The first-order valence-electron chi connectivity index (χ1n) is 11.1. The third kappa shape index (κ3) is 4.68. The molecule has 2 aliphatic heterocycles. The third-order valence-electron chi connectivity index (χ3n) is 6.11. The molecule has 33 heavy (non-hydrogen) atoms. The summed E-state index contributed by atoms with van der Waals surface area (Å²) in [4.78, 5) is 34.0. The van der Waals surface area contributed by atoms with Crippen LogP contribution in [0.2, 0.25) is 0 Å². The Kier molecular flexibility index (Phi) is 6.22. The maximum absolute atomic E-state index is 13.1. The van der Waals surface area contributed by atoms with Crippen molar-refractivity contribution in [3.63, 3.8) is 0 Å². The van der Waals surface area contributed by atoms with E-state index in [4.69, 9.17) is 4.74 Å². The van der Waals surface area contributed by atoms with E-state index in [1.807, 2.05) is 53.6 Å². The van der Waals surface area contributed by atoms with Crippen molar-refractivity contribution in [3.8, 4) is 11.3 Å². The molecular formula is C25H26N4O3S. The van der Waals surface area contributed by atoms with Crippen molar-refractivity contribution in [1.29, 1.82) is 0 Å². The molecular weight excluding hydrogens is 436 g/mol. The number of fused-ring (bicyclic) bond motifs is 1. The molecule has 0 radical (unpaired) electrons. The van der Waals surface area contributed by atoms with Gasteiger partial charge in [-0.15, -0.1) is 11.3 Å². The fourth-order valence-electron chi connectivity index (χ4n) is 4.32. The molecule has 0 saturated carbocycles. The van der Waals surface area contributed by atoms with Crippen molar-refractivity contribution in [1.82, 2.24) is 9.88 Å². The molecule has 1 fully saturated rings. The van der Waals surface area contributed by atoms with Gasteiger partial charge in [-0.1, -0.05) is 24.3 Å². The van der Waals surface area contributed by atoms with Gasteiger partial charge in [0, 0.05) is 41.8 Å². The van der Waals surface area contributed by atoms with Gasteiger partial charge >= 0.3 is 0 Å². The molecule has 8 heteroatoms. The molecule has 1 aromatic heterocycles. The SMILES string of the molecule is Cc1ccccc1C(=O)N1CCc2cc(-c3csc(NC(=O)CN4CCOCC4)n3)ccc21. The average Bonchev–Trinajstić information content (AvgIpc) is 3.46. The highest BCUT2D eigenvalue weighted by Crippen LogP contribution is 2.34. The number of rotatable bonds is 5. The van der Waals surface area contributed by atoms with Gasteiger partial charge in [0.1, 0.15) is 0 Å². The predicted molar refractivity (Wildman–Crippen MR) is 130 cm³/mol. The summed E-state index contributed by atoms with van der Waals surface area (Å²) in [5.41, 5.74) is 5.64. The van der Waals surface area contributed by atoms with Crippen molar-refractivity contribution in [2.24, 2.45) is 0 Å². The number of morpholine rings is 1. The fraction of sp³-hybridized carbons (Fsp3) is 0.320. The second kappa shape index (κ2) is 9.43. The van der Waals surface area contributed by atoms with Crippen LogP contribution in [-0.2, 0) is 16.0 Å². The Bertz CT molecular complexity index is 1190. The van der Waals surface area contributed by atoms with Crippen LogP contribution in [0.15, 0.2) is 47.8 Å². The summed E-state index contributed by atoms with van der Waals surface area (Å²) in [6, 6.07) is 13.8. The number of nitrogens with zero attached hydrogens (tertiary/aromatic N) is 3. The highest BCUT2D eigenvalue weighted by molar-refractivity contribution is 7.14. The van der Waals surface area contributed by atoms with E-state index in [9.17, 15) is 9.59 Å². The Morgan fingerprint density at radius 2 is 1.94 bits per heavy atom. The summed E-state index contributed by atoms with van der Waals surface area (Å²) >= 11 is 1.42. The number of amides is 2. The number of hydrogen-bond acceptors (Lipinski definition) is 6. The zero-order valence-electron chi connectivity index (χ0n) is 18.5. The molecule has 170 valence electrons. The number of aromatic nitrogens is 1. The molecule has 2 aliphatic rings. The number of aryl methyl sites for hydroxylation is 1. The van der Waals surface area contributed by atoms with Crippen molar-refractivity contribution in [2.45, 2.75) is 13.3 Å². The van der Waals surface area contributed by atoms with Crippen molar-refractivity contribution in [3.05, 3.63) is 64.5 Å². The third-order valence-corrected chi connectivity index (χ3v) is 6.87. The van der Waals surface area contributed by atoms with E-state index in [-0.39, 0.29) is 11.8 Å². The summed E-state index contributed by atoms with van der Waals surface area (Å²) < 4.78 is 5.33. The highest BCUT2D eigenvalue weighted by Gasteiger charge is 2.27. The molecule has 0 aliphatic carbocycles. The minimum absolute atomic E-state index is 0.0403. The molecule has 3 heterocycles. The molecule has 1 N–H and O–H groups in total. The van der Waals surface area contributed by atoms with Crippen LogP contribution in [0, 0.1) is 6.92 Å². The number of thiazole rings is 1. The van der Waals surface area contributed by atoms with Crippen LogP contribution in [0.25, 0.3) is 11.3 Å². The largest absolute Gasteiger partial charge is 0.379 e. The first kappa shape index (κ1) is 21.8. The molecule has 0 spiro atoms. The lowest BCUT2D eigenvalue weighted by atomic mass is 10.1. The lowest BCUT2D eigenvalue weighted by Crippen LogP contribution is -2.41. The Hall–Kier alpha value is -3.07. The van der Waals surface area contributed by atoms with E-state index < -0.39 is 0 Å². The van der Waals surface area contributed by atoms with Crippen molar-refractivity contribution in [2.75, 3.05) is 49.6 Å². The van der Waals surface area contributed by atoms with Gasteiger partial charge in [-0.05, 0) is 42.7 Å². The highest BCUT2D eigenvalue weighted by atomic mass is 32.1. The average molecular weight is 463 g/mol. The van der Waals surface area contributed by atoms with Gasteiger partial charge in [0.05, 0.1) is 25.5 Å². The molecule has 1 saturated heterocycles. The van der Waals surface area contributed by atoms with Crippen LogP contribution in [0.4, 0.5) is 10.8 Å². The Labute approximate surface area is 197 Å². The van der Waals surface area contributed by atoms with Gasteiger partial charge in [0.2, 0.25) is 5.91 Å². The molecule has 7 nitrogen and oxygen atoms in total. The minimum atomic E-state index is -0.0582. The quantitative estimate of drug-likeness (QED) is 0.627. The number of carbonyl (C=O) groups excluding carboxylic acids is 2. The Balaban J connectivity index is 1.27. The van der Waals surface area contributed by atoms with E-state index in [0.29, 0.717) is 31.4 Å². The summed E-state index contributed by atoms with van der Waals surface area (Å²) in [5, 5.41) is 5.46. The lowest BCUT2D eigenvalue weighted by Gasteiger charge is -2.25. The summed E-state index contributed by atoms with van der Waals surface area (Å²) in [7, 11) is 0.